The van der Waals surface area contributed by atoms with Crippen LogP contribution in [-0.2, 0) is 26.6 Å². The second-order valence-electron chi connectivity index (χ2n) is 10.9. The van der Waals surface area contributed by atoms with Crippen LogP contribution >= 0.6 is 0 Å². The summed E-state index contributed by atoms with van der Waals surface area (Å²) in [6, 6.07) is 24.4. The van der Waals surface area contributed by atoms with Gasteiger partial charge in [-0.1, -0.05) is 55.5 Å². The Labute approximate surface area is 261 Å². The van der Waals surface area contributed by atoms with Crippen molar-refractivity contribution in [2.24, 2.45) is 5.92 Å². The van der Waals surface area contributed by atoms with Crippen molar-refractivity contribution in [1.82, 2.24) is 9.29 Å². The minimum Gasteiger partial charge on any atom is -0.507 e. The maximum absolute atomic E-state index is 13.4. The van der Waals surface area contributed by atoms with E-state index in [-0.39, 0.29) is 51.6 Å². The predicted octanol–water partition coefficient (Wildman–Crippen LogP) is 5.45. The highest BCUT2D eigenvalue weighted by atomic mass is 32.2. The largest absolute Gasteiger partial charge is 0.507 e. The summed E-state index contributed by atoms with van der Waals surface area (Å²) in [4.78, 5) is 17.8. The second-order valence-corrected chi connectivity index (χ2v) is 14.5. The summed E-state index contributed by atoms with van der Waals surface area (Å²) in [7, 11) is -7.89. The molecule has 1 aliphatic rings. The minimum atomic E-state index is -4.02. The van der Waals surface area contributed by atoms with Crippen LogP contribution in [-0.4, -0.2) is 37.8 Å². The van der Waals surface area contributed by atoms with Gasteiger partial charge >= 0.3 is 5.63 Å². The molecule has 2 aromatic heterocycles. The molecule has 1 unspecified atom stereocenters. The first kappa shape index (κ1) is 30.5. The monoisotopic (exact) mass is 645 g/mol. The van der Waals surface area contributed by atoms with Crippen molar-refractivity contribution in [3.8, 4) is 5.75 Å². The van der Waals surface area contributed by atoms with Gasteiger partial charge in [-0.3, -0.25) is 9.71 Å². The highest BCUT2D eigenvalue weighted by molar-refractivity contribution is 7.93. The lowest BCUT2D eigenvalue weighted by atomic mass is 9.87. The number of para-hydroxylation sites is 1. The number of anilines is 1. The van der Waals surface area contributed by atoms with Crippen LogP contribution in [0.3, 0.4) is 0 Å². The van der Waals surface area contributed by atoms with Gasteiger partial charge in [-0.25, -0.2) is 21.6 Å². The van der Waals surface area contributed by atoms with E-state index in [4.69, 9.17) is 4.42 Å². The first-order valence-electron chi connectivity index (χ1n) is 14.5. The fraction of sp³-hybridized carbons (Fsp3) is 0.212. The average molecular weight is 646 g/mol. The predicted molar refractivity (Wildman–Crippen MR) is 170 cm³/mol. The number of hydrogen-bond donors (Lipinski definition) is 2. The first-order valence-corrected chi connectivity index (χ1v) is 17.4. The maximum atomic E-state index is 13.4. The third-order valence-electron chi connectivity index (χ3n) is 7.87. The maximum Gasteiger partial charge on any atom is 0.343 e. The fourth-order valence-corrected chi connectivity index (χ4v) is 8.25. The van der Waals surface area contributed by atoms with E-state index in [0.717, 1.165) is 12.8 Å². The molecule has 232 valence electrons. The number of nitrogens with zero attached hydrogens (tertiary/aromatic N) is 2. The van der Waals surface area contributed by atoms with Crippen LogP contribution in [0.4, 0.5) is 5.69 Å². The van der Waals surface area contributed by atoms with Crippen LogP contribution in [0.15, 0.2) is 116 Å². The minimum absolute atomic E-state index is 0.00219. The molecule has 0 bridgehead atoms. The Morgan fingerprint density at radius 1 is 0.956 bits per heavy atom. The van der Waals surface area contributed by atoms with Crippen LogP contribution in [0.2, 0.25) is 0 Å². The Bertz CT molecular complexity index is 2140. The third-order valence-corrected chi connectivity index (χ3v) is 11.2. The lowest BCUT2D eigenvalue weighted by molar-refractivity contribution is 0.345. The van der Waals surface area contributed by atoms with E-state index in [1.807, 2.05) is 0 Å². The molecule has 12 heteroatoms. The molecule has 10 nitrogen and oxygen atoms in total. The molecule has 1 atom stereocenters. The van der Waals surface area contributed by atoms with E-state index in [2.05, 4.69) is 9.71 Å². The van der Waals surface area contributed by atoms with Crippen molar-refractivity contribution in [2.75, 3.05) is 11.3 Å². The zero-order valence-corrected chi connectivity index (χ0v) is 26.0. The van der Waals surface area contributed by atoms with Crippen molar-refractivity contribution in [1.29, 1.82) is 0 Å². The zero-order chi connectivity index (χ0) is 31.8. The molecule has 2 N–H and O–H groups in total. The molecule has 1 fully saturated rings. The Balaban J connectivity index is 1.30. The van der Waals surface area contributed by atoms with Gasteiger partial charge in [0.1, 0.15) is 16.4 Å². The van der Waals surface area contributed by atoms with Crippen LogP contribution in [0.5, 0.6) is 5.75 Å². The van der Waals surface area contributed by atoms with E-state index in [0.29, 0.717) is 16.5 Å². The normalized spacial score (nSPS) is 14.4. The summed E-state index contributed by atoms with van der Waals surface area (Å²) in [6.07, 6.45) is 3.15. The van der Waals surface area contributed by atoms with Crippen LogP contribution < -0.4 is 10.3 Å². The SMILES string of the molecule is CCN(Cc1cc(O)c(C(c2cccc(NS(=O)(=O)c3cccc4cccnc34)c2)C2CC2)c(=O)o1)S(=O)(=O)c1ccccc1. The molecule has 0 radical (unpaired) electrons. The van der Waals surface area contributed by atoms with E-state index in [1.54, 1.807) is 73.7 Å². The first-order chi connectivity index (χ1) is 21.6. The molecule has 2 heterocycles. The molecule has 1 aliphatic carbocycles. The molecule has 3 aromatic carbocycles. The third kappa shape index (κ3) is 6.21. The number of pyridine rings is 1. The van der Waals surface area contributed by atoms with E-state index < -0.39 is 31.6 Å². The molecule has 45 heavy (non-hydrogen) atoms. The van der Waals surface area contributed by atoms with Crippen molar-refractivity contribution >= 4 is 36.6 Å². The van der Waals surface area contributed by atoms with Crippen molar-refractivity contribution in [2.45, 2.75) is 42.0 Å². The summed E-state index contributed by atoms with van der Waals surface area (Å²) < 4.78 is 62.6. The van der Waals surface area contributed by atoms with Crippen LogP contribution in [0, 0.1) is 5.92 Å². The number of nitrogens with one attached hydrogen (secondary N) is 1. The Morgan fingerprint density at radius 2 is 1.69 bits per heavy atom. The summed E-state index contributed by atoms with van der Waals surface area (Å²) >= 11 is 0. The van der Waals surface area contributed by atoms with Crippen LogP contribution in [0.1, 0.15) is 42.6 Å². The molecular weight excluding hydrogens is 615 g/mol. The second kappa shape index (κ2) is 12.1. The summed E-state index contributed by atoms with van der Waals surface area (Å²) in [5, 5.41) is 11.8. The van der Waals surface area contributed by atoms with Crippen molar-refractivity contribution in [3.63, 3.8) is 0 Å². The molecular formula is C33H31N3O7S2. The lowest BCUT2D eigenvalue weighted by Crippen LogP contribution is -2.31. The zero-order valence-electron chi connectivity index (χ0n) is 24.3. The number of fused-ring (bicyclic) bond motifs is 1. The average Bonchev–Trinajstić information content (AvgIpc) is 3.87. The number of sulfonamides is 2. The highest BCUT2D eigenvalue weighted by Crippen LogP contribution is 2.48. The van der Waals surface area contributed by atoms with Crippen molar-refractivity contribution in [3.05, 3.63) is 124 Å². The number of rotatable bonds is 11. The van der Waals surface area contributed by atoms with E-state index in [1.165, 1.54) is 34.8 Å². The smallest absolute Gasteiger partial charge is 0.343 e. The van der Waals surface area contributed by atoms with Gasteiger partial charge in [0, 0.05) is 35.8 Å². The van der Waals surface area contributed by atoms with Gasteiger partial charge in [0.05, 0.1) is 22.5 Å². The van der Waals surface area contributed by atoms with Crippen molar-refractivity contribution < 1.29 is 26.4 Å². The van der Waals surface area contributed by atoms with Gasteiger partial charge in [-0.2, -0.15) is 4.31 Å². The van der Waals surface area contributed by atoms with Crippen LogP contribution in [0.25, 0.3) is 10.9 Å². The Hall–Kier alpha value is -4.52. The van der Waals surface area contributed by atoms with Gasteiger partial charge in [0.15, 0.2) is 0 Å². The lowest BCUT2D eigenvalue weighted by Gasteiger charge is -2.21. The molecule has 6 rings (SSSR count). The van der Waals surface area contributed by atoms with Gasteiger partial charge in [-0.15, -0.1) is 0 Å². The van der Waals surface area contributed by atoms with E-state index in [9.17, 15) is 26.7 Å². The Morgan fingerprint density at radius 3 is 2.40 bits per heavy atom. The molecule has 0 saturated heterocycles. The Kier molecular flexibility index (Phi) is 8.21. The molecule has 1 saturated carbocycles. The molecule has 0 spiro atoms. The summed E-state index contributed by atoms with van der Waals surface area (Å²) in [6.45, 7) is 1.55. The summed E-state index contributed by atoms with van der Waals surface area (Å²) in [5.41, 5.74) is 0.541. The summed E-state index contributed by atoms with van der Waals surface area (Å²) in [5.74, 6) is -0.833. The number of aromatic nitrogens is 1. The highest BCUT2D eigenvalue weighted by Gasteiger charge is 2.38. The van der Waals surface area contributed by atoms with E-state index >= 15 is 0 Å². The fourth-order valence-electron chi connectivity index (χ4n) is 5.59. The quantitative estimate of drug-likeness (QED) is 0.193. The number of benzene rings is 3. The molecule has 0 amide bonds. The number of aromatic hydroxyl groups is 1. The molecule has 0 aliphatic heterocycles. The number of hydrogen-bond acceptors (Lipinski definition) is 8. The van der Waals surface area contributed by atoms with Gasteiger partial charge < -0.3 is 9.52 Å². The molecule has 5 aromatic rings. The standard InChI is InChI=1S/C33H31N3O7S2/c1-2-36(45(41,42)27-13-4-3-5-14-27)21-26-20-28(37)31(33(38)43-26)30(22-16-17-22)24-10-6-12-25(19-24)35-44(39,40)29-15-7-9-23-11-8-18-34-32(23)29/h3-15,18-20,22,30,35,37H,2,16-17,21H2,1H3. The topological polar surface area (TPSA) is 147 Å². The van der Waals surface area contributed by atoms with Gasteiger partial charge in [0.2, 0.25) is 10.0 Å². The van der Waals surface area contributed by atoms with Gasteiger partial charge in [-0.05, 0) is 60.7 Å². The van der Waals surface area contributed by atoms with Gasteiger partial charge in [0.25, 0.3) is 10.0 Å².